The van der Waals surface area contributed by atoms with E-state index in [-0.39, 0.29) is 24.5 Å². The van der Waals surface area contributed by atoms with E-state index in [1.54, 1.807) is 12.0 Å². The Morgan fingerprint density at radius 2 is 1.76 bits per heavy atom. The third-order valence-corrected chi connectivity index (χ3v) is 6.77. The minimum atomic E-state index is -0.602. The van der Waals surface area contributed by atoms with Crippen LogP contribution in [0.2, 0.25) is 0 Å². The van der Waals surface area contributed by atoms with Gasteiger partial charge >= 0.3 is 5.97 Å². The zero-order chi connectivity index (χ0) is 24.3. The van der Waals surface area contributed by atoms with Gasteiger partial charge in [-0.3, -0.25) is 9.59 Å². The van der Waals surface area contributed by atoms with E-state index in [2.05, 4.69) is 5.32 Å². The van der Waals surface area contributed by atoms with E-state index < -0.39 is 11.4 Å². The highest BCUT2D eigenvalue weighted by atomic mass is 32.1. The van der Waals surface area contributed by atoms with Crippen LogP contribution in [0.15, 0.2) is 24.3 Å². The number of benzene rings is 1. The zero-order valence-electron chi connectivity index (χ0n) is 20.1. The molecule has 0 unspecified atom stereocenters. The third-order valence-electron chi connectivity index (χ3n) is 5.64. The molecule has 1 aromatic carbocycles. The molecular formula is C25H32N2O5S. The number of nitrogens with zero attached hydrogens (tertiary/aromatic N) is 1. The molecule has 0 spiro atoms. The summed E-state index contributed by atoms with van der Waals surface area (Å²) >= 11 is 1.34. The van der Waals surface area contributed by atoms with Crippen molar-refractivity contribution in [1.82, 2.24) is 4.90 Å². The molecule has 33 heavy (non-hydrogen) atoms. The van der Waals surface area contributed by atoms with Crippen LogP contribution < -0.4 is 10.1 Å². The molecule has 1 aromatic heterocycles. The summed E-state index contributed by atoms with van der Waals surface area (Å²) in [6.07, 6.45) is 1.89. The number of thiophene rings is 1. The Balaban J connectivity index is 1.67. The van der Waals surface area contributed by atoms with Crippen LogP contribution >= 0.6 is 11.3 Å². The minimum Gasteiger partial charge on any atom is -0.497 e. The van der Waals surface area contributed by atoms with Crippen LogP contribution in [-0.4, -0.2) is 42.4 Å². The molecule has 1 heterocycles. The smallest absolute Gasteiger partial charge is 0.341 e. The molecule has 3 rings (SSSR count). The van der Waals surface area contributed by atoms with Crippen LogP contribution in [0.4, 0.5) is 5.00 Å². The lowest BCUT2D eigenvalue weighted by Crippen LogP contribution is -2.36. The molecule has 0 bridgehead atoms. The number of anilines is 1. The first kappa shape index (κ1) is 24.8. The number of hydrogen-bond donors (Lipinski definition) is 1. The van der Waals surface area contributed by atoms with Crippen molar-refractivity contribution in [2.24, 2.45) is 5.41 Å². The van der Waals surface area contributed by atoms with Gasteiger partial charge in [-0.25, -0.2) is 4.79 Å². The molecule has 1 N–H and O–H groups in total. The average molecular weight is 473 g/mol. The van der Waals surface area contributed by atoms with Gasteiger partial charge in [-0.2, -0.15) is 0 Å². The van der Waals surface area contributed by atoms with Crippen LogP contribution in [0.3, 0.4) is 0 Å². The first-order valence-electron chi connectivity index (χ1n) is 11.0. The van der Waals surface area contributed by atoms with Gasteiger partial charge in [0.1, 0.15) is 10.8 Å². The second-order valence-electron chi connectivity index (χ2n) is 9.37. The molecule has 178 valence electrons. The molecule has 8 heteroatoms. The predicted molar refractivity (Wildman–Crippen MR) is 129 cm³/mol. The van der Waals surface area contributed by atoms with Crippen molar-refractivity contribution in [3.05, 3.63) is 45.8 Å². The fourth-order valence-corrected chi connectivity index (χ4v) is 4.31. The normalized spacial score (nSPS) is 13.4. The molecule has 1 fully saturated rings. The van der Waals surface area contributed by atoms with Crippen LogP contribution in [-0.2, 0) is 20.9 Å². The van der Waals surface area contributed by atoms with Gasteiger partial charge in [0.05, 0.1) is 12.7 Å². The second-order valence-corrected chi connectivity index (χ2v) is 10.6. The Morgan fingerprint density at radius 3 is 2.30 bits per heavy atom. The lowest BCUT2D eigenvalue weighted by Gasteiger charge is -2.22. The maximum atomic E-state index is 12.9. The van der Waals surface area contributed by atoms with Crippen LogP contribution in [0, 0.1) is 19.3 Å². The molecule has 1 aliphatic carbocycles. The number of carbonyl (C=O) groups is 3. The Bertz CT molecular complexity index is 1030. The topological polar surface area (TPSA) is 84.9 Å². The van der Waals surface area contributed by atoms with Crippen molar-refractivity contribution in [2.45, 2.75) is 60.0 Å². The van der Waals surface area contributed by atoms with Gasteiger partial charge in [-0.1, -0.05) is 32.9 Å². The van der Waals surface area contributed by atoms with Gasteiger partial charge in [0.15, 0.2) is 6.61 Å². The van der Waals surface area contributed by atoms with E-state index in [1.165, 1.54) is 11.3 Å². The summed E-state index contributed by atoms with van der Waals surface area (Å²) in [7, 11) is 1.61. The minimum absolute atomic E-state index is 0.171. The third kappa shape index (κ3) is 6.13. The number of aryl methyl sites for hydroxylation is 1. The first-order valence-corrected chi connectivity index (χ1v) is 11.8. The summed E-state index contributed by atoms with van der Waals surface area (Å²) in [6, 6.07) is 7.75. The fourth-order valence-electron chi connectivity index (χ4n) is 3.27. The second kappa shape index (κ2) is 9.95. The lowest BCUT2D eigenvalue weighted by atomic mass is 9.96. The Morgan fingerprint density at radius 1 is 1.12 bits per heavy atom. The monoisotopic (exact) mass is 472 g/mol. The largest absolute Gasteiger partial charge is 0.497 e. The van der Waals surface area contributed by atoms with E-state index in [1.807, 2.05) is 58.9 Å². The highest BCUT2D eigenvalue weighted by Gasteiger charge is 2.33. The van der Waals surface area contributed by atoms with E-state index in [0.29, 0.717) is 17.1 Å². The molecule has 2 aromatic rings. The number of nitrogens with one attached hydrogen (secondary N) is 1. The Kier molecular flexibility index (Phi) is 7.47. The van der Waals surface area contributed by atoms with E-state index in [4.69, 9.17) is 9.47 Å². The van der Waals surface area contributed by atoms with Crippen LogP contribution in [0.5, 0.6) is 5.75 Å². The van der Waals surface area contributed by atoms with Crippen molar-refractivity contribution < 1.29 is 23.9 Å². The van der Waals surface area contributed by atoms with Crippen molar-refractivity contribution >= 4 is 34.1 Å². The summed E-state index contributed by atoms with van der Waals surface area (Å²) in [5.74, 6) is -0.262. The van der Waals surface area contributed by atoms with E-state index in [9.17, 15) is 14.4 Å². The quantitative estimate of drug-likeness (QED) is 0.563. The molecular weight excluding hydrogens is 440 g/mol. The van der Waals surface area contributed by atoms with Gasteiger partial charge in [0, 0.05) is 22.9 Å². The number of hydrogen-bond acceptors (Lipinski definition) is 6. The Hall–Kier alpha value is -2.87. The predicted octanol–water partition coefficient (Wildman–Crippen LogP) is 4.71. The van der Waals surface area contributed by atoms with Crippen molar-refractivity contribution in [3.63, 3.8) is 0 Å². The van der Waals surface area contributed by atoms with Crippen LogP contribution in [0.1, 0.15) is 60.0 Å². The van der Waals surface area contributed by atoms with Gasteiger partial charge in [0.25, 0.3) is 5.91 Å². The molecule has 0 atom stereocenters. The summed E-state index contributed by atoms with van der Waals surface area (Å²) in [5, 5.41) is 3.30. The Labute approximate surface area is 199 Å². The highest BCUT2D eigenvalue weighted by molar-refractivity contribution is 7.16. The van der Waals surface area contributed by atoms with E-state index >= 15 is 0 Å². The number of ether oxygens (including phenoxy) is 2. The summed E-state index contributed by atoms with van der Waals surface area (Å²) < 4.78 is 10.6. The maximum Gasteiger partial charge on any atom is 0.341 e. The molecule has 0 saturated heterocycles. The number of rotatable bonds is 8. The first-order chi connectivity index (χ1) is 15.5. The summed E-state index contributed by atoms with van der Waals surface area (Å²) in [5.41, 5.74) is 1.45. The zero-order valence-corrected chi connectivity index (χ0v) is 20.9. The summed E-state index contributed by atoms with van der Waals surface area (Å²) in [6.45, 7) is 9.24. The van der Waals surface area contributed by atoms with E-state index in [0.717, 1.165) is 34.6 Å². The van der Waals surface area contributed by atoms with Gasteiger partial charge in [-0.05, 0) is 49.9 Å². The average Bonchev–Trinajstić information content (AvgIpc) is 3.56. The molecule has 7 nitrogen and oxygen atoms in total. The van der Waals surface area contributed by atoms with Crippen molar-refractivity contribution in [2.75, 3.05) is 19.0 Å². The van der Waals surface area contributed by atoms with Gasteiger partial charge in [0.2, 0.25) is 5.91 Å². The molecule has 1 saturated carbocycles. The van der Waals surface area contributed by atoms with Gasteiger partial charge in [-0.15, -0.1) is 11.3 Å². The van der Waals surface area contributed by atoms with Gasteiger partial charge < -0.3 is 19.7 Å². The molecule has 0 aliphatic heterocycles. The molecule has 0 radical (unpaired) electrons. The summed E-state index contributed by atoms with van der Waals surface area (Å²) in [4.78, 5) is 41.0. The number of amides is 2. The molecule has 1 aliphatic rings. The standard InChI is InChI=1S/C25H32N2O5S/c1-15-16(2)33-22(26-24(30)25(3,4)5)21(15)23(29)32-14-20(28)27(18-9-10-18)13-17-7-11-19(31-6)12-8-17/h7-8,11-12,18H,9-10,13-14H2,1-6H3,(H,26,30). The molecule has 2 amide bonds. The maximum absolute atomic E-state index is 12.9. The highest BCUT2D eigenvalue weighted by Crippen LogP contribution is 2.34. The number of esters is 1. The number of carbonyl (C=O) groups excluding carboxylic acids is 3. The van der Waals surface area contributed by atoms with Crippen molar-refractivity contribution in [1.29, 1.82) is 0 Å². The fraction of sp³-hybridized carbons (Fsp3) is 0.480. The van der Waals surface area contributed by atoms with Crippen LogP contribution in [0.25, 0.3) is 0 Å². The lowest BCUT2D eigenvalue weighted by molar-refractivity contribution is -0.135. The SMILES string of the molecule is COc1ccc(CN(C(=O)COC(=O)c2c(NC(=O)C(C)(C)C)sc(C)c2C)C2CC2)cc1. The van der Waals surface area contributed by atoms with Crippen molar-refractivity contribution in [3.8, 4) is 5.75 Å². The number of methoxy groups -OCH3 is 1.